The molecule has 1 aliphatic rings. The van der Waals surface area contributed by atoms with Crippen molar-refractivity contribution < 1.29 is 4.79 Å². The Kier molecular flexibility index (Phi) is 2.17. The van der Waals surface area contributed by atoms with Crippen LogP contribution in [0.5, 0.6) is 0 Å². The maximum absolute atomic E-state index is 11.4. The molecule has 1 saturated heterocycles. The molecule has 1 aliphatic heterocycles. The highest BCUT2D eigenvalue weighted by atomic mass is 32.2. The zero-order chi connectivity index (χ0) is 8.39. The maximum Gasteiger partial charge on any atom is 0.151 e. The Labute approximate surface area is 76.2 Å². The lowest BCUT2D eigenvalue weighted by Gasteiger charge is -2.05. The Morgan fingerprint density at radius 2 is 2.00 bits per heavy atom. The molecule has 62 valence electrons. The van der Waals surface area contributed by atoms with Gasteiger partial charge in [0.05, 0.1) is 5.25 Å². The van der Waals surface area contributed by atoms with Gasteiger partial charge in [0.15, 0.2) is 5.78 Å². The van der Waals surface area contributed by atoms with Crippen LogP contribution >= 0.6 is 11.8 Å². The topological polar surface area (TPSA) is 17.1 Å². The van der Waals surface area contributed by atoms with Crippen LogP contribution in [-0.4, -0.2) is 11.5 Å². The van der Waals surface area contributed by atoms with Crippen LogP contribution in [0.2, 0.25) is 0 Å². The highest BCUT2D eigenvalue weighted by Crippen LogP contribution is 2.36. The SMILES string of the molecule is O=C1CCSC1c1ccccc1. The highest BCUT2D eigenvalue weighted by Gasteiger charge is 2.25. The third-order valence-electron chi connectivity index (χ3n) is 2.03. The van der Waals surface area contributed by atoms with E-state index in [1.165, 1.54) is 0 Å². The van der Waals surface area contributed by atoms with Gasteiger partial charge in [0.25, 0.3) is 0 Å². The Hall–Kier alpha value is -0.760. The van der Waals surface area contributed by atoms with Crippen LogP contribution < -0.4 is 0 Å². The Balaban J connectivity index is 2.25. The minimum atomic E-state index is 0.117. The van der Waals surface area contributed by atoms with Crippen molar-refractivity contribution in [3.8, 4) is 0 Å². The summed E-state index contributed by atoms with van der Waals surface area (Å²) in [6.07, 6.45) is 0.740. The van der Waals surface area contributed by atoms with Crippen molar-refractivity contribution >= 4 is 17.5 Å². The van der Waals surface area contributed by atoms with Gasteiger partial charge >= 0.3 is 0 Å². The summed E-state index contributed by atoms with van der Waals surface area (Å²) in [6, 6.07) is 10.0. The van der Waals surface area contributed by atoms with Crippen molar-refractivity contribution in [1.29, 1.82) is 0 Å². The summed E-state index contributed by atoms with van der Waals surface area (Å²) in [6.45, 7) is 0. The standard InChI is InChI=1S/C10H10OS/c11-9-6-7-12-10(9)8-4-2-1-3-5-8/h1-5,10H,6-7H2. The normalized spacial score (nSPS) is 23.0. The van der Waals surface area contributed by atoms with E-state index in [0.29, 0.717) is 5.78 Å². The van der Waals surface area contributed by atoms with Crippen LogP contribution in [0.25, 0.3) is 0 Å². The summed E-state index contributed by atoms with van der Waals surface area (Å²) in [5, 5.41) is 0.117. The number of hydrogen-bond donors (Lipinski definition) is 0. The lowest BCUT2D eigenvalue weighted by atomic mass is 10.1. The van der Waals surface area contributed by atoms with Crippen LogP contribution in [0.4, 0.5) is 0 Å². The largest absolute Gasteiger partial charge is 0.298 e. The summed E-state index contributed by atoms with van der Waals surface area (Å²) < 4.78 is 0. The van der Waals surface area contributed by atoms with E-state index in [9.17, 15) is 4.79 Å². The van der Waals surface area contributed by atoms with E-state index < -0.39 is 0 Å². The van der Waals surface area contributed by atoms with Gasteiger partial charge in [-0.15, -0.1) is 11.8 Å². The molecule has 1 nitrogen and oxygen atoms in total. The number of hydrogen-bond acceptors (Lipinski definition) is 2. The van der Waals surface area contributed by atoms with E-state index in [4.69, 9.17) is 0 Å². The third-order valence-corrected chi connectivity index (χ3v) is 3.34. The Morgan fingerprint density at radius 3 is 2.58 bits per heavy atom. The van der Waals surface area contributed by atoms with Crippen LogP contribution in [0.1, 0.15) is 17.2 Å². The Morgan fingerprint density at radius 1 is 1.25 bits per heavy atom. The lowest BCUT2D eigenvalue weighted by molar-refractivity contribution is -0.117. The molecule has 0 amide bonds. The van der Waals surface area contributed by atoms with Crippen molar-refractivity contribution in [3.05, 3.63) is 35.9 Å². The second-order valence-corrected chi connectivity index (χ2v) is 4.09. The monoisotopic (exact) mass is 178 g/mol. The second kappa shape index (κ2) is 3.31. The van der Waals surface area contributed by atoms with Gasteiger partial charge in [0.1, 0.15) is 0 Å². The van der Waals surface area contributed by atoms with Crippen molar-refractivity contribution in [2.24, 2.45) is 0 Å². The molecular weight excluding hydrogens is 168 g/mol. The Bertz CT molecular complexity index is 281. The molecule has 0 aromatic heterocycles. The molecule has 1 aromatic carbocycles. The molecule has 1 fully saturated rings. The fourth-order valence-corrected chi connectivity index (χ4v) is 2.62. The predicted molar refractivity (Wildman–Crippen MR) is 51.3 cm³/mol. The summed E-state index contributed by atoms with van der Waals surface area (Å²) in [4.78, 5) is 11.4. The number of carbonyl (C=O) groups excluding carboxylic acids is 1. The van der Waals surface area contributed by atoms with E-state index in [-0.39, 0.29) is 5.25 Å². The lowest BCUT2D eigenvalue weighted by Crippen LogP contribution is -2.00. The highest BCUT2D eigenvalue weighted by molar-refractivity contribution is 8.00. The molecule has 1 atom stereocenters. The fraction of sp³-hybridized carbons (Fsp3) is 0.300. The summed E-state index contributed by atoms with van der Waals surface area (Å²) in [5.74, 6) is 1.37. The van der Waals surface area contributed by atoms with Gasteiger partial charge in [-0.2, -0.15) is 0 Å². The smallest absolute Gasteiger partial charge is 0.151 e. The first kappa shape index (κ1) is 7.87. The second-order valence-electron chi connectivity index (χ2n) is 2.88. The number of ketones is 1. The van der Waals surface area contributed by atoms with E-state index >= 15 is 0 Å². The van der Waals surface area contributed by atoms with Crippen molar-refractivity contribution in [1.82, 2.24) is 0 Å². The van der Waals surface area contributed by atoms with Gasteiger partial charge in [0.2, 0.25) is 0 Å². The van der Waals surface area contributed by atoms with Crippen molar-refractivity contribution in [3.63, 3.8) is 0 Å². The third kappa shape index (κ3) is 1.39. The van der Waals surface area contributed by atoms with E-state index in [2.05, 4.69) is 0 Å². The molecule has 0 saturated carbocycles. The molecule has 0 aliphatic carbocycles. The molecule has 0 bridgehead atoms. The zero-order valence-electron chi connectivity index (χ0n) is 6.69. The van der Waals surface area contributed by atoms with Gasteiger partial charge in [-0.3, -0.25) is 4.79 Å². The number of benzene rings is 1. The number of Topliss-reactive ketones (excluding diaryl/α,β-unsaturated/α-hetero) is 1. The summed E-state index contributed by atoms with van der Waals surface area (Å²) in [7, 11) is 0. The molecule has 1 aromatic rings. The van der Waals surface area contributed by atoms with Crippen LogP contribution in [0.15, 0.2) is 30.3 Å². The minimum Gasteiger partial charge on any atom is -0.298 e. The molecule has 12 heavy (non-hydrogen) atoms. The first-order valence-electron chi connectivity index (χ1n) is 4.07. The first-order chi connectivity index (χ1) is 5.88. The molecule has 1 heterocycles. The molecule has 0 N–H and O–H groups in total. The van der Waals surface area contributed by atoms with E-state index in [0.717, 1.165) is 17.7 Å². The maximum atomic E-state index is 11.4. The van der Waals surface area contributed by atoms with Gasteiger partial charge in [-0.05, 0) is 5.56 Å². The summed E-state index contributed by atoms with van der Waals surface area (Å²) >= 11 is 1.75. The van der Waals surface area contributed by atoms with E-state index in [1.807, 2.05) is 30.3 Å². The van der Waals surface area contributed by atoms with Crippen LogP contribution in [0.3, 0.4) is 0 Å². The van der Waals surface area contributed by atoms with Crippen molar-refractivity contribution in [2.45, 2.75) is 11.7 Å². The van der Waals surface area contributed by atoms with Crippen molar-refractivity contribution in [2.75, 3.05) is 5.75 Å². The molecule has 1 unspecified atom stereocenters. The molecule has 2 rings (SSSR count). The number of carbonyl (C=O) groups is 1. The van der Waals surface area contributed by atoms with Crippen LogP contribution in [0, 0.1) is 0 Å². The zero-order valence-corrected chi connectivity index (χ0v) is 7.51. The molecule has 0 spiro atoms. The molecule has 2 heteroatoms. The number of rotatable bonds is 1. The van der Waals surface area contributed by atoms with Gasteiger partial charge in [-0.1, -0.05) is 30.3 Å². The van der Waals surface area contributed by atoms with Gasteiger partial charge < -0.3 is 0 Å². The van der Waals surface area contributed by atoms with Gasteiger partial charge in [-0.25, -0.2) is 0 Å². The van der Waals surface area contributed by atoms with E-state index in [1.54, 1.807) is 11.8 Å². The quantitative estimate of drug-likeness (QED) is 0.657. The average Bonchev–Trinajstić information content (AvgIpc) is 2.53. The fourth-order valence-electron chi connectivity index (χ4n) is 1.41. The first-order valence-corrected chi connectivity index (χ1v) is 5.12. The molecule has 0 radical (unpaired) electrons. The van der Waals surface area contributed by atoms with Gasteiger partial charge in [0, 0.05) is 12.2 Å². The average molecular weight is 178 g/mol. The summed E-state index contributed by atoms with van der Waals surface area (Å²) in [5.41, 5.74) is 1.16. The predicted octanol–water partition coefficient (Wildman–Crippen LogP) is 2.43. The molecular formula is C10H10OS. The van der Waals surface area contributed by atoms with Crippen LogP contribution in [-0.2, 0) is 4.79 Å². The minimum absolute atomic E-state index is 0.117. The number of thioether (sulfide) groups is 1.